The molecule has 1 heterocycles. The van der Waals surface area contributed by atoms with E-state index in [1.165, 1.54) is 23.5 Å². The molecule has 0 atom stereocenters. The molecule has 2 aromatic rings. The molecule has 0 saturated carbocycles. The van der Waals surface area contributed by atoms with Gasteiger partial charge in [-0.05, 0) is 39.0 Å². The van der Waals surface area contributed by atoms with Gasteiger partial charge in [0.25, 0.3) is 0 Å². The van der Waals surface area contributed by atoms with Gasteiger partial charge in [-0.15, -0.1) is 10.2 Å². The van der Waals surface area contributed by atoms with E-state index >= 15 is 0 Å². The van der Waals surface area contributed by atoms with E-state index in [2.05, 4.69) is 52.2 Å². The second kappa shape index (κ2) is 5.64. The van der Waals surface area contributed by atoms with Crippen molar-refractivity contribution >= 4 is 27.3 Å². The zero-order valence-corrected chi connectivity index (χ0v) is 13.4. The Kier molecular flexibility index (Phi) is 4.32. The van der Waals surface area contributed by atoms with Gasteiger partial charge in [-0.3, -0.25) is 0 Å². The predicted molar refractivity (Wildman–Crippen MR) is 79.6 cm³/mol. The molecule has 0 unspecified atom stereocenters. The number of nitrogens with one attached hydrogen (secondary N) is 1. The Morgan fingerprint density at radius 1 is 1.32 bits per heavy atom. The first-order valence-corrected chi connectivity index (χ1v) is 7.49. The Balaban J connectivity index is 2.19. The van der Waals surface area contributed by atoms with E-state index in [0.29, 0.717) is 6.54 Å². The first-order chi connectivity index (χ1) is 8.85. The molecule has 6 heteroatoms. The van der Waals surface area contributed by atoms with Crippen LogP contribution in [0.1, 0.15) is 25.8 Å². The van der Waals surface area contributed by atoms with E-state index in [-0.39, 0.29) is 11.4 Å². The summed E-state index contributed by atoms with van der Waals surface area (Å²) in [4.78, 5) is 0. The van der Waals surface area contributed by atoms with Gasteiger partial charge in [-0.25, -0.2) is 4.39 Å². The topological polar surface area (TPSA) is 37.8 Å². The summed E-state index contributed by atoms with van der Waals surface area (Å²) >= 11 is 4.87. The molecule has 2 rings (SSSR count). The lowest BCUT2D eigenvalue weighted by Gasteiger charge is -2.19. The van der Waals surface area contributed by atoms with Crippen molar-refractivity contribution in [2.24, 2.45) is 0 Å². The van der Waals surface area contributed by atoms with Crippen molar-refractivity contribution in [2.45, 2.75) is 32.9 Å². The highest BCUT2D eigenvalue weighted by Crippen LogP contribution is 2.31. The molecule has 0 bridgehead atoms. The van der Waals surface area contributed by atoms with E-state index in [1.54, 1.807) is 6.07 Å². The normalized spacial score (nSPS) is 11.8. The molecular formula is C13H15BrFN3S. The van der Waals surface area contributed by atoms with Gasteiger partial charge in [0.1, 0.15) is 15.8 Å². The lowest BCUT2D eigenvalue weighted by molar-refractivity contribution is 0.423. The summed E-state index contributed by atoms with van der Waals surface area (Å²) in [6, 6.07) is 4.56. The van der Waals surface area contributed by atoms with E-state index in [9.17, 15) is 4.39 Å². The zero-order valence-electron chi connectivity index (χ0n) is 11.0. The van der Waals surface area contributed by atoms with Crippen molar-refractivity contribution in [3.05, 3.63) is 33.5 Å². The van der Waals surface area contributed by atoms with Crippen molar-refractivity contribution in [1.29, 1.82) is 0 Å². The van der Waals surface area contributed by atoms with Crippen LogP contribution in [-0.4, -0.2) is 15.7 Å². The number of hydrogen-bond acceptors (Lipinski definition) is 4. The smallest absolute Gasteiger partial charge is 0.149 e. The highest BCUT2D eigenvalue weighted by Gasteiger charge is 2.13. The van der Waals surface area contributed by atoms with Crippen LogP contribution in [0.2, 0.25) is 0 Å². The van der Waals surface area contributed by atoms with Gasteiger partial charge in [0.15, 0.2) is 0 Å². The van der Waals surface area contributed by atoms with Gasteiger partial charge in [0.2, 0.25) is 0 Å². The molecule has 0 aliphatic carbocycles. The van der Waals surface area contributed by atoms with Crippen LogP contribution in [0.25, 0.3) is 10.6 Å². The Labute approximate surface area is 124 Å². The number of hydrogen-bond donors (Lipinski definition) is 1. The molecule has 1 aromatic heterocycles. The van der Waals surface area contributed by atoms with Gasteiger partial charge in [-0.2, -0.15) is 0 Å². The third-order valence-corrected chi connectivity index (χ3v) is 4.04. The highest BCUT2D eigenvalue weighted by molar-refractivity contribution is 9.10. The molecule has 3 nitrogen and oxygen atoms in total. The van der Waals surface area contributed by atoms with Gasteiger partial charge in [0.05, 0.1) is 6.54 Å². The molecule has 0 amide bonds. The number of nitrogens with zero attached hydrogens (tertiary/aromatic N) is 2. The lowest BCUT2D eigenvalue weighted by Crippen LogP contribution is -2.35. The molecule has 0 radical (unpaired) electrons. The molecule has 0 aliphatic rings. The molecule has 1 aromatic carbocycles. The average molecular weight is 344 g/mol. The molecule has 0 fully saturated rings. The van der Waals surface area contributed by atoms with Crippen LogP contribution in [0.4, 0.5) is 4.39 Å². The quantitative estimate of drug-likeness (QED) is 0.915. The fourth-order valence-corrected chi connectivity index (χ4v) is 2.81. The molecule has 0 saturated heterocycles. The second-order valence-electron chi connectivity index (χ2n) is 5.23. The highest BCUT2D eigenvalue weighted by atomic mass is 79.9. The molecular weight excluding hydrogens is 329 g/mol. The van der Waals surface area contributed by atoms with Crippen molar-refractivity contribution in [1.82, 2.24) is 15.5 Å². The van der Waals surface area contributed by atoms with E-state index in [0.717, 1.165) is 20.1 Å². The van der Waals surface area contributed by atoms with Crippen LogP contribution in [-0.2, 0) is 6.54 Å². The van der Waals surface area contributed by atoms with Crippen molar-refractivity contribution in [2.75, 3.05) is 0 Å². The maximum absolute atomic E-state index is 13.3. The van der Waals surface area contributed by atoms with Crippen molar-refractivity contribution < 1.29 is 4.39 Å². The van der Waals surface area contributed by atoms with Crippen LogP contribution in [0.15, 0.2) is 22.7 Å². The Morgan fingerprint density at radius 3 is 2.74 bits per heavy atom. The van der Waals surface area contributed by atoms with E-state index in [1.807, 2.05) is 0 Å². The van der Waals surface area contributed by atoms with Crippen LogP contribution in [0.5, 0.6) is 0 Å². The minimum absolute atomic E-state index is 0.0330. The molecule has 1 N–H and O–H groups in total. The summed E-state index contributed by atoms with van der Waals surface area (Å²) in [6.07, 6.45) is 0. The third-order valence-electron chi connectivity index (χ3n) is 2.40. The van der Waals surface area contributed by atoms with Crippen LogP contribution in [0, 0.1) is 5.82 Å². The molecule has 19 heavy (non-hydrogen) atoms. The Bertz CT molecular complexity index is 578. The predicted octanol–water partition coefficient (Wildman–Crippen LogP) is 3.99. The summed E-state index contributed by atoms with van der Waals surface area (Å²) in [6.45, 7) is 6.95. The fourth-order valence-electron chi connectivity index (χ4n) is 1.44. The lowest BCUT2D eigenvalue weighted by atomic mass is 10.1. The maximum atomic E-state index is 13.3. The standard InChI is InChI=1S/C13H15BrFN3S/c1-13(2,3)16-7-11-17-18-12(19-11)9-6-8(15)4-5-10(9)14/h4-6,16H,7H2,1-3H3. The average Bonchev–Trinajstić information content (AvgIpc) is 2.77. The summed E-state index contributed by atoms with van der Waals surface area (Å²) in [5.41, 5.74) is 0.769. The van der Waals surface area contributed by atoms with E-state index < -0.39 is 0 Å². The Hall–Kier alpha value is -0.850. The maximum Gasteiger partial charge on any atom is 0.149 e. The van der Waals surface area contributed by atoms with Gasteiger partial charge < -0.3 is 5.32 Å². The van der Waals surface area contributed by atoms with Gasteiger partial charge in [0, 0.05) is 15.6 Å². The van der Waals surface area contributed by atoms with Crippen molar-refractivity contribution in [3.8, 4) is 10.6 Å². The zero-order chi connectivity index (χ0) is 14.0. The minimum Gasteiger partial charge on any atom is -0.306 e. The van der Waals surface area contributed by atoms with Crippen molar-refractivity contribution in [3.63, 3.8) is 0 Å². The number of rotatable bonds is 3. The number of aromatic nitrogens is 2. The number of halogens is 2. The summed E-state index contributed by atoms with van der Waals surface area (Å²) in [5, 5.41) is 13.2. The fraction of sp³-hybridized carbons (Fsp3) is 0.385. The van der Waals surface area contributed by atoms with Crippen LogP contribution >= 0.6 is 27.3 Å². The first-order valence-electron chi connectivity index (χ1n) is 5.88. The van der Waals surface area contributed by atoms with E-state index in [4.69, 9.17) is 0 Å². The largest absolute Gasteiger partial charge is 0.306 e. The third kappa shape index (κ3) is 4.06. The summed E-state index contributed by atoms with van der Waals surface area (Å²) in [5.74, 6) is -0.275. The number of benzene rings is 1. The van der Waals surface area contributed by atoms with Gasteiger partial charge >= 0.3 is 0 Å². The summed E-state index contributed by atoms with van der Waals surface area (Å²) < 4.78 is 14.1. The second-order valence-corrected chi connectivity index (χ2v) is 7.15. The first kappa shape index (κ1) is 14.6. The van der Waals surface area contributed by atoms with Crippen LogP contribution in [0.3, 0.4) is 0 Å². The molecule has 102 valence electrons. The summed E-state index contributed by atoms with van der Waals surface area (Å²) in [7, 11) is 0. The molecule has 0 spiro atoms. The van der Waals surface area contributed by atoms with Gasteiger partial charge in [-0.1, -0.05) is 27.3 Å². The Morgan fingerprint density at radius 2 is 2.05 bits per heavy atom. The van der Waals surface area contributed by atoms with Crippen LogP contribution < -0.4 is 5.32 Å². The minimum atomic E-state index is -0.275. The SMILES string of the molecule is CC(C)(C)NCc1nnc(-c2cc(F)ccc2Br)s1. The monoisotopic (exact) mass is 343 g/mol. The molecule has 0 aliphatic heterocycles.